The van der Waals surface area contributed by atoms with E-state index in [0.717, 1.165) is 28.7 Å². The maximum absolute atomic E-state index is 13.9. The molecule has 2 aliphatic rings. The molecule has 6 rings (SSSR count). The quantitative estimate of drug-likeness (QED) is 0.271. The maximum atomic E-state index is 13.9. The molecule has 0 bridgehead atoms. The molecular formula is C39H43FN8O4. The number of benzene rings is 3. The Labute approximate surface area is 301 Å². The molecule has 270 valence electrons. The Morgan fingerprint density at radius 1 is 0.981 bits per heavy atom. The van der Waals surface area contributed by atoms with Gasteiger partial charge in [0.25, 0.3) is 11.8 Å². The number of carbonyl (C=O) groups is 3. The van der Waals surface area contributed by atoms with E-state index < -0.39 is 23.0 Å². The van der Waals surface area contributed by atoms with Gasteiger partial charge in [0.05, 0.1) is 23.7 Å². The number of nitriles is 1. The number of likely N-dealkylation sites (tertiary alicyclic amines) is 1. The van der Waals surface area contributed by atoms with Crippen LogP contribution in [-0.2, 0) is 23.1 Å². The number of aryl methyl sites for hydroxylation is 2. The minimum Gasteiger partial charge on any atom is -0.345 e. The lowest BCUT2D eigenvalue weighted by atomic mass is 9.67. The van der Waals surface area contributed by atoms with Crippen LogP contribution >= 0.6 is 0 Å². The summed E-state index contributed by atoms with van der Waals surface area (Å²) >= 11 is 0. The SMILES string of the molecule is C[C@H](CC1(c2nn(-c3ccc(F)cc3)c(=O)[nH]2)c2ccc(C(=O)N(C)C)cc2CCc2cc(C(=O)N(C)C)ccc21)NCC(=O)N1CCC[C@H]1C#N. The Balaban J connectivity index is 1.54. The van der Waals surface area contributed by atoms with Gasteiger partial charge in [0.1, 0.15) is 17.7 Å². The fourth-order valence-electron chi connectivity index (χ4n) is 7.57. The van der Waals surface area contributed by atoms with E-state index >= 15 is 0 Å². The van der Waals surface area contributed by atoms with Gasteiger partial charge in [0, 0.05) is 51.9 Å². The van der Waals surface area contributed by atoms with Crippen LogP contribution in [0.25, 0.3) is 5.69 Å². The largest absolute Gasteiger partial charge is 0.348 e. The van der Waals surface area contributed by atoms with E-state index in [9.17, 15) is 28.8 Å². The second-order valence-electron chi connectivity index (χ2n) is 14.1. The Morgan fingerprint density at radius 2 is 1.56 bits per heavy atom. The van der Waals surface area contributed by atoms with Crippen LogP contribution in [0, 0.1) is 17.1 Å². The zero-order chi connectivity index (χ0) is 37.3. The molecule has 1 aliphatic carbocycles. The molecule has 0 spiro atoms. The van der Waals surface area contributed by atoms with Crippen LogP contribution in [-0.4, -0.2) is 101 Å². The molecule has 0 saturated carbocycles. The number of fused-ring (bicyclic) bond motifs is 2. The second kappa shape index (κ2) is 14.6. The molecule has 3 amide bonds. The van der Waals surface area contributed by atoms with Crippen molar-refractivity contribution in [3.8, 4) is 11.8 Å². The molecule has 4 aromatic rings. The van der Waals surface area contributed by atoms with Gasteiger partial charge in [-0.3, -0.25) is 19.4 Å². The van der Waals surface area contributed by atoms with Gasteiger partial charge in [-0.05, 0) is 110 Å². The Hall–Kier alpha value is -5.61. The van der Waals surface area contributed by atoms with Gasteiger partial charge < -0.3 is 20.0 Å². The summed E-state index contributed by atoms with van der Waals surface area (Å²) in [6, 6.07) is 18.0. The molecule has 1 fully saturated rings. The van der Waals surface area contributed by atoms with E-state index in [1.165, 1.54) is 38.7 Å². The van der Waals surface area contributed by atoms with Gasteiger partial charge >= 0.3 is 5.69 Å². The van der Waals surface area contributed by atoms with Crippen LogP contribution in [0.3, 0.4) is 0 Å². The lowest BCUT2D eigenvalue weighted by molar-refractivity contribution is -0.130. The van der Waals surface area contributed by atoms with E-state index in [4.69, 9.17) is 5.10 Å². The summed E-state index contributed by atoms with van der Waals surface area (Å²) in [6.07, 6.45) is 2.80. The first kappa shape index (κ1) is 36.2. The number of aromatic nitrogens is 3. The Morgan fingerprint density at radius 3 is 2.10 bits per heavy atom. The number of halogens is 1. The van der Waals surface area contributed by atoms with Crippen molar-refractivity contribution in [2.75, 3.05) is 41.3 Å². The highest BCUT2D eigenvalue weighted by Gasteiger charge is 2.46. The molecule has 0 unspecified atom stereocenters. The number of amides is 3. The van der Waals surface area contributed by atoms with Crippen molar-refractivity contribution < 1.29 is 18.8 Å². The van der Waals surface area contributed by atoms with E-state index in [0.29, 0.717) is 54.9 Å². The first-order chi connectivity index (χ1) is 24.8. The highest BCUT2D eigenvalue weighted by atomic mass is 19.1. The predicted octanol–water partition coefficient (Wildman–Crippen LogP) is 3.42. The fourth-order valence-corrected chi connectivity index (χ4v) is 7.57. The standard InChI is InChI=1S/C39H43FN8O4/c1-24(42-23-34(49)47-18-6-7-31(47)22-41)21-39(37-43-38(52)48(44-37)30-14-12-29(40)13-15-30)32-16-10-27(35(50)45(2)3)19-25(32)8-9-26-20-28(11-17-33(26)39)36(51)46(4)5/h10-17,19-20,24,31,42H,6-9,18,21,23H2,1-5H3,(H,43,44,52)/t24-,31+/m1/s1. The number of nitrogens with zero attached hydrogens (tertiary/aromatic N) is 6. The number of nitrogens with one attached hydrogen (secondary N) is 2. The number of aromatic amines is 1. The van der Waals surface area contributed by atoms with Crippen LogP contribution < -0.4 is 11.0 Å². The van der Waals surface area contributed by atoms with Crippen molar-refractivity contribution in [3.63, 3.8) is 0 Å². The molecule has 1 aromatic heterocycles. The Kier molecular flexibility index (Phi) is 10.1. The van der Waals surface area contributed by atoms with Gasteiger partial charge in [-0.25, -0.2) is 9.18 Å². The van der Waals surface area contributed by atoms with Crippen LogP contribution in [0.5, 0.6) is 0 Å². The monoisotopic (exact) mass is 706 g/mol. The van der Waals surface area contributed by atoms with Crippen LogP contribution in [0.2, 0.25) is 0 Å². The van der Waals surface area contributed by atoms with Crippen molar-refractivity contribution in [3.05, 3.63) is 116 Å². The fraction of sp³-hybridized carbons (Fsp3) is 0.385. The van der Waals surface area contributed by atoms with E-state index in [1.54, 1.807) is 45.2 Å². The number of hydrogen-bond donors (Lipinski definition) is 2. The van der Waals surface area contributed by atoms with Gasteiger partial charge in [0.15, 0.2) is 0 Å². The molecule has 2 N–H and O–H groups in total. The number of rotatable bonds is 9. The summed E-state index contributed by atoms with van der Waals surface area (Å²) in [5.74, 6) is -0.623. The lowest BCUT2D eigenvalue weighted by Gasteiger charge is -2.37. The van der Waals surface area contributed by atoms with Crippen molar-refractivity contribution in [2.45, 2.75) is 56.5 Å². The molecule has 2 atom stereocenters. The van der Waals surface area contributed by atoms with Crippen LogP contribution in [0.1, 0.15) is 75.0 Å². The minimum atomic E-state index is -1.15. The Bertz CT molecular complexity index is 2040. The summed E-state index contributed by atoms with van der Waals surface area (Å²) in [4.78, 5) is 61.1. The molecule has 52 heavy (non-hydrogen) atoms. The van der Waals surface area contributed by atoms with Gasteiger partial charge in [-0.2, -0.15) is 9.94 Å². The molecule has 1 aliphatic heterocycles. The summed E-state index contributed by atoms with van der Waals surface area (Å²) in [5.41, 5.74) is 3.08. The molecule has 0 radical (unpaired) electrons. The van der Waals surface area contributed by atoms with Crippen molar-refractivity contribution in [1.82, 2.24) is 34.8 Å². The average Bonchev–Trinajstić information content (AvgIpc) is 3.75. The van der Waals surface area contributed by atoms with Crippen molar-refractivity contribution in [2.24, 2.45) is 0 Å². The summed E-state index contributed by atoms with van der Waals surface area (Å²) in [7, 11) is 6.78. The third-order valence-corrected chi connectivity index (χ3v) is 10.1. The third kappa shape index (κ3) is 6.74. The van der Waals surface area contributed by atoms with Crippen LogP contribution in [0.15, 0.2) is 65.5 Å². The first-order valence-corrected chi connectivity index (χ1v) is 17.4. The molecule has 2 heterocycles. The maximum Gasteiger partial charge on any atom is 0.348 e. The first-order valence-electron chi connectivity index (χ1n) is 17.4. The normalized spacial score (nSPS) is 16.6. The predicted molar refractivity (Wildman–Crippen MR) is 193 cm³/mol. The number of hydrogen-bond acceptors (Lipinski definition) is 7. The summed E-state index contributed by atoms with van der Waals surface area (Å²) in [6.45, 7) is 2.48. The zero-order valence-electron chi connectivity index (χ0n) is 30.1. The van der Waals surface area contributed by atoms with E-state index in [2.05, 4.69) is 16.4 Å². The van der Waals surface area contributed by atoms with E-state index in [1.807, 2.05) is 31.2 Å². The second-order valence-corrected chi connectivity index (χ2v) is 14.1. The summed E-state index contributed by atoms with van der Waals surface area (Å²) in [5, 5.41) is 17.8. The topological polar surface area (TPSA) is 147 Å². The molecule has 13 heteroatoms. The number of carbonyl (C=O) groups excluding carboxylic acids is 3. The van der Waals surface area contributed by atoms with Crippen molar-refractivity contribution >= 4 is 17.7 Å². The molecule has 12 nitrogen and oxygen atoms in total. The van der Waals surface area contributed by atoms with Gasteiger partial charge in [0.2, 0.25) is 5.91 Å². The molecular weight excluding hydrogens is 663 g/mol. The van der Waals surface area contributed by atoms with E-state index in [-0.39, 0.29) is 30.3 Å². The highest BCUT2D eigenvalue weighted by Crippen LogP contribution is 2.47. The number of H-pyrrole nitrogens is 1. The molecule has 1 saturated heterocycles. The van der Waals surface area contributed by atoms with Gasteiger partial charge in [-0.1, -0.05) is 12.1 Å². The third-order valence-electron chi connectivity index (χ3n) is 10.1. The zero-order valence-corrected chi connectivity index (χ0v) is 30.1. The summed E-state index contributed by atoms with van der Waals surface area (Å²) < 4.78 is 15.1. The lowest BCUT2D eigenvalue weighted by Crippen LogP contribution is -2.45. The van der Waals surface area contributed by atoms with Gasteiger partial charge in [-0.15, -0.1) is 5.10 Å². The van der Waals surface area contributed by atoms with Crippen LogP contribution in [0.4, 0.5) is 4.39 Å². The average molecular weight is 707 g/mol. The van der Waals surface area contributed by atoms with Crippen molar-refractivity contribution in [1.29, 1.82) is 5.26 Å². The molecule has 3 aromatic carbocycles. The smallest absolute Gasteiger partial charge is 0.345 e. The highest BCUT2D eigenvalue weighted by molar-refractivity contribution is 5.95. The minimum absolute atomic E-state index is 0.00221.